The van der Waals surface area contributed by atoms with Gasteiger partial charge in [-0.15, -0.1) is 6.58 Å². The van der Waals surface area contributed by atoms with Crippen LogP contribution in [0.2, 0.25) is 0 Å². The van der Waals surface area contributed by atoms with Gasteiger partial charge in [0.05, 0.1) is 12.7 Å². The molecule has 2 aliphatic rings. The Bertz CT molecular complexity index is 986. The average molecular weight is 461 g/mol. The Labute approximate surface area is 193 Å². The highest BCUT2D eigenvalue weighted by Gasteiger charge is 2.29. The summed E-state index contributed by atoms with van der Waals surface area (Å²) < 4.78 is 65.7. The van der Waals surface area contributed by atoms with Crippen LogP contribution in [0.4, 0.5) is 17.6 Å². The van der Waals surface area contributed by atoms with E-state index < -0.39 is 29.4 Å². The van der Waals surface area contributed by atoms with Crippen LogP contribution in [0.3, 0.4) is 0 Å². The maximum Gasteiger partial charge on any atom is 0.167 e. The maximum atomic E-state index is 15.1. The molecular weight excluding hydrogens is 428 g/mol. The summed E-state index contributed by atoms with van der Waals surface area (Å²) in [5.74, 6) is -3.47. The lowest BCUT2D eigenvalue weighted by atomic mass is 9.77. The molecule has 1 nitrogen and oxygen atoms in total. The van der Waals surface area contributed by atoms with E-state index in [1.165, 1.54) is 24.6 Å². The van der Waals surface area contributed by atoms with Crippen molar-refractivity contribution < 1.29 is 22.3 Å². The second kappa shape index (κ2) is 10.4. The molecule has 5 heteroatoms. The normalized spacial score (nSPS) is 25.7. The largest absolute Gasteiger partial charge is 0.373 e. The average Bonchev–Trinajstić information content (AvgIpc) is 2.84. The number of ether oxygens (including phenoxy) is 1. The summed E-state index contributed by atoms with van der Waals surface area (Å²) in [5.41, 5.74) is -0.0723. The van der Waals surface area contributed by atoms with Crippen molar-refractivity contribution in [3.8, 4) is 11.1 Å². The van der Waals surface area contributed by atoms with Gasteiger partial charge in [-0.2, -0.15) is 0 Å². The van der Waals surface area contributed by atoms with E-state index in [4.69, 9.17) is 4.74 Å². The van der Waals surface area contributed by atoms with E-state index in [0.717, 1.165) is 38.5 Å². The third-order valence-electron chi connectivity index (χ3n) is 7.49. The van der Waals surface area contributed by atoms with E-state index >= 15 is 8.78 Å². The molecule has 0 aromatic heterocycles. The van der Waals surface area contributed by atoms with Crippen molar-refractivity contribution in [3.63, 3.8) is 0 Å². The van der Waals surface area contributed by atoms with Crippen molar-refractivity contribution in [1.82, 2.24) is 0 Å². The molecule has 2 unspecified atom stereocenters. The zero-order valence-corrected chi connectivity index (χ0v) is 19.2. The van der Waals surface area contributed by atoms with Crippen molar-refractivity contribution in [2.75, 3.05) is 6.61 Å². The number of rotatable bonds is 6. The van der Waals surface area contributed by atoms with Crippen LogP contribution in [0.15, 0.2) is 36.9 Å². The van der Waals surface area contributed by atoms with Gasteiger partial charge in [-0.05, 0) is 55.9 Å². The molecule has 33 heavy (non-hydrogen) atoms. The molecule has 0 N–H and O–H groups in total. The zero-order chi connectivity index (χ0) is 23.5. The molecule has 0 spiro atoms. The third-order valence-corrected chi connectivity index (χ3v) is 7.49. The van der Waals surface area contributed by atoms with Crippen LogP contribution in [0.5, 0.6) is 0 Å². The van der Waals surface area contributed by atoms with Gasteiger partial charge in [0, 0.05) is 22.6 Å². The standard InChI is InChI=1S/C28H32F4O/c1-3-5-18-6-9-19(10-7-18)20-11-12-21(26(30)25(20)29)22-13-14-23(28(32)27(22)31)24-15-8-17(4-2)16-33-24/h4,11-14,17-19,24H,2-3,5-10,15-16H2,1H3. The van der Waals surface area contributed by atoms with Crippen LogP contribution in [-0.4, -0.2) is 6.61 Å². The van der Waals surface area contributed by atoms with Crippen molar-refractivity contribution in [3.05, 3.63) is 71.3 Å². The van der Waals surface area contributed by atoms with Crippen LogP contribution in [0, 0.1) is 35.1 Å². The summed E-state index contributed by atoms with van der Waals surface area (Å²) in [6.07, 6.45) is 8.55. The number of hydrogen-bond donors (Lipinski definition) is 0. The molecule has 2 aromatic carbocycles. The van der Waals surface area contributed by atoms with Crippen LogP contribution >= 0.6 is 0 Å². The van der Waals surface area contributed by atoms with E-state index in [2.05, 4.69) is 13.5 Å². The quantitative estimate of drug-likeness (QED) is 0.310. The smallest absolute Gasteiger partial charge is 0.167 e. The van der Waals surface area contributed by atoms with E-state index in [1.807, 2.05) is 0 Å². The monoisotopic (exact) mass is 460 g/mol. The Hall–Kier alpha value is -2.14. The van der Waals surface area contributed by atoms with Crippen LogP contribution < -0.4 is 0 Å². The van der Waals surface area contributed by atoms with Gasteiger partial charge in [-0.3, -0.25) is 0 Å². The van der Waals surface area contributed by atoms with Crippen molar-refractivity contribution in [2.45, 2.75) is 70.3 Å². The summed E-state index contributed by atoms with van der Waals surface area (Å²) in [6, 6.07) is 5.68. The molecule has 1 aliphatic heterocycles. The minimum absolute atomic E-state index is 0.0338. The molecule has 0 amide bonds. The first-order chi connectivity index (χ1) is 15.9. The Morgan fingerprint density at radius 3 is 1.97 bits per heavy atom. The highest BCUT2D eigenvalue weighted by molar-refractivity contribution is 5.66. The van der Waals surface area contributed by atoms with Crippen LogP contribution in [0.1, 0.15) is 81.4 Å². The van der Waals surface area contributed by atoms with Gasteiger partial charge < -0.3 is 4.74 Å². The molecule has 4 rings (SSSR count). The summed E-state index contributed by atoms with van der Waals surface area (Å²) in [5, 5.41) is 0. The predicted octanol–water partition coefficient (Wildman–Crippen LogP) is 8.64. The second-order valence-corrected chi connectivity index (χ2v) is 9.56. The minimum Gasteiger partial charge on any atom is -0.373 e. The lowest BCUT2D eigenvalue weighted by Crippen LogP contribution is -2.20. The van der Waals surface area contributed by atoms with E-state index in [-0.39, 0.29) is 28.5 Å². The highest BCUT2D eigenvalue weighted by Crippen LogP contribution is 2.41. The summed E-state index contributed by atoms with van der Waals surface area (Å²) in [7, 11) is 0. The molecule has 1 saturated carbocycles. The summed E-state index contributed by atoms with van der Waals surface area (Å²) in [4.78, 5) is 0. The Balaban J connectivity index is 1.56. The number of hydrogen-bond acceptors (Lipinski definition) is 1. The van der Waals surface area contributed by atoms with Gasteiger partial charge in [0.15, 0.2) is 23.3 Å². The fraction of sp³-hybridized carbons (Fsp3) is 0.500. The van der Waals surface area contributed by atoms with Gasteiger partial charge in [-0.25, -0.2) is 17.6 Å². The van der Waals surface area contributed by atoms with Crippen molar-refractivity contribution in [1.29, 1.82) is 0 Å². The van der Waals surface area contributed by atoms with E-state index in [9.17, 15) is 8.78 Å². The molecule has 0 bridgehead atoms. The predicted molar refractivity (Wildman–Crippen MR) is 123 cm³/mol. The van der Waals surface area contributed by atoms with Gasteiger partial charge >= 0.3 is 0 Å². The number of halogens is 4. The first-order valence-electron chi connectivity index (χ1n) is 12.1. The highest BCUT2D eigenvalue weighted by atomic mass is 19.2. The summed E-state index contributed by atoms with van der Waals surface area (Å²) in [6.45, 7) is 6.30. The Morgan fingerprint density at radius 2 is 1.42 bits per heavy atom. The summed E-state index contributed by atoms with van der Waals surface area (Å²) >= 11 is 0. The zero-order valence-electron chi connectivity index (χ0n) is 19.2. The van der Waals surface area contributed by atoms with Gasteiger partial charge in [0.1, 0.15) is 0 Å². The second-order valence-electron chi connectivity index (χ2n) is 9.56. The maximum absolute atomic E-state index is 15.1. The molecule has 2 atom stereocenters. The molecular formula is C28H32F4O. The molecule has 2 aromatic rings. The van der Waals surface area contributed by atoms with Gasteiger partial charge in [0.25, 0.3) is 0 Å². The Kier molecular flexibility index (Phi) is 7.58. The first kappa shape index (κ1) is 24.0. The topological polar surface area (TPSA) is 9.23 Å². The number of benzene rings is 2. The molecule has 0 radical (unpaired) electrons. The fourth-order valence-corrected chi connectivity index (χ4v) is 5.48. The third kappa shape index (κ3) is 4.89. The fourth-order valence-electron chi connectivity index (χ4n) is 5.48. The van der Waals surface area contributed by atoms with E-state index in [1.54, 1.807) is 12.1 Å². The lowest BCUT2D eigenvalue weighted by Gasteiger charge is -2.29. The first-order valence-corrected chi connectivity index (χ1v) is 12.1. The molecule has 1 aliphatic carbocycles. The Morgan fingerprint density at radius 1 is 0.818 bits per heavy atom. The molecule has 178 valence electrons. The SMILES string of the molecule is C=CC1CCC(c2ccc(-c3ccc(C4CCC(CCC)CC4)c(F)c3F)c(F)c2F)OC1. The molecule has 2 fully saturated rings. The van der Waals surface area contributed by atoms with Crippen molar-refractivity contribution >= 4 is 0 Å². The van der Waals surface area contributed by atoms with Crippen molar-refractivity contribution in [2.24, 2.45) is 11.8 Å². The van der Waals surface area contributed by atoms with Crippen LogP contribution in [0.25, 0.3) is 11.1 Å². The van der Waals surface area contributed by atoms with Gasteiger partial charge in [-0.1, -0.05) is 50.1 Å². The molecule has 1 saturated heterocycles. The van der Waals surface area contributed by atoms with Gasteiger partial charge in [0.2, 0.25) is 0 Å². The van der Waals surface area contributed by atoms with E-state index in [0.29, 0.717) is 24.5 Å². The van der Waals surface area contributed by atoms with Crippen LogP contribution in [-0.2, 0) is 4.74 Å². The minimum atomic E-state index is -1.17. The molecule has 1 heterocycles. The lowest BCUT2D eigenvalue weighted by molar-refractivity contribution is -0.00732.